The van der Waals surface area contributed by atoms with Gasteiger partial charge < -0.3 is 19.9 Å². The molecule has 2 aromatic rings. The van der Waals surface area contributed by atoms with Crippen LogP contribution in [0.4, 0.5) is 9.18 Å². The molecule has 1 aromatic carbocycles. The van der Waals surface area contributed by atoms with Crippen molar-refractivity contribution in [2.24, 2.45) is 11.8 Å². The van der Waals surface area contributed by atoms with E-state index in [0.717, 1.165) is 79.6 Å². The zero-order valence-electron chi connectivity index (χ0n) is 22.0. The minimum Gasteiger partial charge on any atom is -0.465 e. The summed E-state index contributed by atoms with van der Waals surface area (Å²) in [5, 5.41) is 13.0. The number of carboxylic acid groups (broad SMARTS) is 1. The Hall–Kier alpha value is -2.12. The molecular formula is C29H43FN4O2. The molecule has 0 unspecified atom stereocenters. The van der Waals surface area contributed by atoms with Crippen molar-refractivity contribution in [3.05, 3.63) is 35.3 Å². The van der Waals surface area contributed by atoms with Crippen LogP contribution in [0.5, 0.6) is 0 Å². The maximum absolute atomic E-state index is 14.4. The van der Waals surface area contributed by atoms with Gasteiger partial charge in [-0.1, -0.05) is 13.8 Å². The summed E-state index contributed by atoms with van der Waals surface area (Å²) in [7, 11) is 0. The van der Waals surface area contributed by atoms with Gasteiger partial charge in [0.25, 0.3) is 0 Å². The molecule has 1 saturated carbocycles. The Bertz CT molecular complexity index is 1050. The van der Waals surface area contributed by atoms with Gasteiger partial charge in [-0.3, -0.25) is 4.90 Å². The summed E-state index contributed by atoms with van der Waals surface area (Å²) < 4.78 is 16.8. The van der Waals surface area contributed by atoms with Gasteiger partial charge in [-0.15, -0.1) is 0 Å². The molecule has 2 aliphatic heterocycles. The van der Waals surface area contributed by atoms with Crippen LogP contribution in [0.25, 0.3) is 10.9 Å². The smallest absolute Gasteiger partial charge is 0.404 e. The van der Waals surface area contributed by atoms with Crippen molar-refractivity contribution in [2.45, 2.75) is 90.4 Å². The normalized spacial score (nSPS) is 24.7. The summed E-state index contributed by atoms with van der Waals surface area (Å²) in [5.41, 5.74) is 3.15. The number of nitrogens with one attached hydrogen (secondary N) is 1. The molecule has 36 heavy (non-hydrogen) atoms. The Kier molecular flexibility index (Phi) is 7.87. The molecule has 198 valence electrons. The Morgan fingerprint density at radius 2 is 1.72 bits per heavy atom. The Morgan fingerprint density at radius 1 is 1.03 bits per heavy atom. The average molecular weight is 499 g/mol. The van der Waals surface area contributed by atoms with E-state index >= 15 is 0 Å². The standard InChI is InChI=1S/C29H43FN4O2/c1-20(2)21-5-8-23(9-6-21)33-15-11-24(12-16-33)34-27-10-7-22(30)17-25(27)26(19-32-13-3-4-14-32)28(34)18-31-29(35)36/h7,10,17,20-21,23-24,31H,3-6,8-9,11-16,18-19H2,1-2H3,(H,35,36). The second kappa shape index (κ2) is 11.1. The first-order valence-electron chi connectivity index (χ1n) is 14.1. The predicted molar refractivity (Wildman–Crippen MR) is 142 cm³/mol. The highest BCUT2D eigenvalue weighted by Gasteiger charge is 2.32. The molecule has 3 fully saturated rings. The van der Waals surface area contributed by atoms with Gasteiger partial charge in [0.15, 0.2) is 0 Å². The fourth-order valence-corrected chi connectivity index (χ4v) is 7.16. The molecule has 3 heterocycles. The molecule has 5 rings (SSSR count). The van der Waals surface area contributed by atoms with Gasteiger partial charge in [0.05, 0.1) is 6.54 Å². The number of nitrogens with zero attached hydrogens (tertiary/aromatic N) is 3. The van der Waals surface area contributed by atoms with E-state index in [2.05, 4.69) is 33.5 Å². The number of aromatic nitrogens is 1. The van der Waals surface area contributed by atoms with Crippen molar-refractivity contribution < 1.29 is 14.3 Å². The maximum atomic E-state index is 14.4. The summed E-state index contributed by atoms with van der Waals surface area (Å²) >= 11 is 0. The third kappa shape index (κ3) is 5.42. The van der Waals surface area contributed by atoms with Crippen LogP contribution in [0.3, 0.4) is 0 Å². The molecule has 1 amide bonds. The second-order valence-electron chi connectivity index (χ2n) is 11.7. The molecule has 0 radical (unpaired) electrons. The zero-order chi connectivity index (χ0) is 25.2. The van der Waals surface area contributed by atoms with Crippen molar-refractivity contribution in [3.63, 3.8) is 0 Å². The largest absolute Gasteiger partial charge is 0.465 e. The van der Waals surface area contributed by atoms with Gasteiger partial charge in [0.1, 0.15) is 5.82 Å². The third-order valence-electron chi connectivity index (χ3n) is 9.23. The van der Waals surface area contributed by atoms with E-state index in [1.807, 2.05) is 6.07 Å². The monoisotopic (exact) mass is 498 g/mol. The lowest BCUT2D eigenvalue weighted by Gasteiger charge is -2.42. The average Bonchev–Trinajstić information content (AvgIpc) is 3.49. The van der Waals surface area contributed by atoms with E-state index in [-0.39, 0.29) is 12.4 Å². The minimum atomic E-state index is -1.02. The topological polar surface area (TPSA) is 60.7 Å². The Balaban J connectivity index is 1.39. The van der Waals surface area contributed by atoms with Crippen molar-refractivity contribution in [1.82, 2.24) is 19.7 Å². The van der Waals surface area contributed by atoms with Crippen LogP contribution < -0.4 is 5.32 Å². The van der Waals surface area contributed by atoms with Crippen LogP contribution in [0.2, 0.25) is 0 Å². The van der Waals surface area contributed by atoms with E-state index in [0.29, 0.717) is 12.1 Å². The first-order chi connectivity index (χ1) is 17.4. The SMILES string of the molecule is CC(C)C1CCC(N2CCC(n3c(CNC(=O)O)c(CN4CCCC4)c4cc(F)ccc43)CC2)CC1. The van der Waals surface area contributed by atoms with Crippen LogP contribution in [0.1, 0.15) is 82.5 Å². The first kappa shape index (κ1) is 25.5. The second-order valence-corrected chi connectivity index (χ2v) is 11.7. The molecule has 3 aliphatic rings. The van der Waals surface area contributed by atoms with Crippen molar-refractivity contribution in [2.75, 3.05) is 26.2 Å². The number of hydrogen-bond acceptors (Lipinski definition) is 3. The van der Waals surface area contributed by atoms with E-state index in [9.17, 15) is 14.3 Å². The number of amides is 1. The van der Waals surface area contributed by atoms with Gasteiger partial charge in [-0.25, -0.2) is 9.18 Å². The third-order valence-corrected chi connectivity index (χ3v) is 9.23. The molecule has 0 spiro atoms. The molecule has 1 aromatic heterocycles. The fourth-order valence-electron chi connectivity index (χ4n) is 7.16. The Morgan fingerprint density at radius 3 is 2.36 bits per heavy atom. The number of fused-ring (bicyclic) bond motifs is 1. The lowest BCUT2D eigenvalue weighted by molar-refractivity contribution is 0.0888. The van der Waals surface area contributed by atoms with E-state index in [4.69, 9.17) is 0 Å². The lowest BCUT2D eigenvalue weighted by atomic mass is 9.79. The zero-order valence-corrected chi connectivity index (χ0v) is 22.0. The molecule has 2 saturated heterocycles. The number of benzene rings is 1. The summed E-state index contributed by atoms with van der Waals surface area (Å²) in [4.78, 5) is 16.6. The molecule has 7 heteroatoms. The van der Waals surface area contributed by atoms with Crippen molar-refractivity contribution in [3.8, 4) is 0 Å². The van der Waals surface area contributed by atoms with Gasteiger partial charge in [-0.05, 0) is 100 Å². The number of carbonyl (C=O) groups is 1. The van der Waals surface area contributed by atoms with Crippen LogP contribution in [0, 0.1) is 17.7 Å². The van der Waals surface area contributed by atoms with E-state index in [1.165, 1.54) is 38.5 Å². The van der Waals surface area contributed by atoms with Crippen LogP contribution in [0.15, 0.2) is 18.2 Å². The quantitative estimate of drug-likeness (QED) is 0.492. The first-order valence-corrected chi connectivity index (χ1v) is 14.1. The maximum Gasteiger partial charge on any atom is 0.404 e. The van der Waals surface area contributed by atoms with Gasteiger partial charge in [0, 0.05) is 48.3 Å². The lowest BCUT2D eigenvalue weighted by Crippen LogP contribution is -2.44. The fraction of sp³-hybridized carbons (Fsp3) is 0.690. The van der Waals surface area contributed by atoms with Crippen LogP contribution in [-0.4, -0.2) is 57.8 Å². The number of halogens is 1. The van der Waals surface area contributed by atoms with Gasteiger partial charge in [0.2, 0.25) is 0 Å². The minimum absolute atomic E-state index is 0.230. The summed E-state index contributed by atoms with van der Waals surface area (Å²) in [6.07, 6.45) is 8.78. The van der Waals surface area contributed by atoms with Crippen LogP contribution >= 0.6 is 0 Å². The van der Waals surface area contributed by atoms with Gasteiger partial charge >= 0.3 is 6.09 Å². The summed E-state index contributed by atoms with van der Waals surface area (Å²) in [6.45, 7) is 9.98. The van der Waals surface area contributed by atoms with Crippen LogP contribution in [-0.2, 0) is 13.1 Å². The summed E-state index contributed by atoms with van der Waals surface area (Å²) in [5.74, 6) is 1.44. The molecular weight excluding hydrogens is 455 g/mol. The molecule has 0 atom stereocenters. The van der Waals surface area contributed by atoms with Gasteiger partial charge in [-0.2, -0.15) is 0 Å². The number of rotatable bonds is 7. The highest BCUT2D eigenvalue weighted by molar-refractivity contribution is 5.86. The molecule has 2 N–H and O–H groups in total. The number of likely N-dealkylation sites (tertiary alicyclic amines) is 2. The molecule has 6 nitrogen and oxygen atoms in total. The molecule has 1 aliphatic carbocycles. The number of hydrogen-bond donors (Lipinski definition) is 2. The van der Waals surface area contributed by atoms with Crippen molar-refractivity contribution in [1.29, 1.82) is 0 Å². The van der Waals surface area contributed by atoms with E-state index < -0.39 is 6.09 Å². The highest BCUT2D eigenvalue weighted by Crippen LogP contribution is 2.38. The predicted octanol–water partition coefficient (Wildman–Crippen LogP) is 6.00. The van der Waals surface area contributed by atoms with E-state index in [1.54, 1.807) is 12.1 Å². The highest BCUT2D eigenvalue weighted by atomic mass is 19.1. The molecule has 0 bridgehead atoms. The summed E-state index contributed by atoms with van der Waals surface area (Å²) in [6, 6.07) is 6.12. The number of piperidine rings is 1. The van der Waals surface area contributed by atoms with Crippen molar-refractivity contribution >= 4 is 17.0 Å². The Labute approximate surface area is 214 Å².